The highest BCUT2D eigenvalue weighted by molar-refractivity contribution is 8.07. The first-order valence-corrected chi connectivity index (χ1v) is 7.84. The Morgan fingerprint density at radius 1 is 1.39 bits per heavy atom. The number of carbonyl (C=O) groups is 1. The van der Waals surface area contributed by atoms with Gasteiger partial charge in [0.2, 0.25) is 0 Å². The molecular formula is C17H22N2O3S. The summed E-state index contributed by atoms with van der Waals surface area (Å²) in [4.78, 5) is 17.5. The molecule has 1 aromatic rings. The first-order valence-electron chi connectivity index (χ1n) is 7.02. The van der Waals surface area contributed by atoms with Crippen LogP contribution in [0.5, 0.6) is 5.75 Å². The molecule has 0 spiro atoms. The second-order valence-electron chi connectivity index (χ2n) is 4.70. The van der Waals surface area contributed by atoms with E-state index in [2.05, 4.69) is 18.3 Å². The first kappa shape index (κ1) is 19.0. The van der Waals surface area contributed by atoms with Gasteiger partial charge < -0.3 is 14.7 Å². The highest BCUT2D eigenvalue weighted by Crippen LogP contribution is 2.39. The van der Waals surface area contributed by atoms with Crippen molar-refractivity contribution in [2.75, 3.05) is 20.3 Å². The molecule has 5 nitrogen and oxygen atoms in total. The lowest BCUT2D eigenvalue weighted by Crippen LogP contribution is -2.19. The molecule has 0 atom stereocenters. The highest BCUT2D eigenvalue weighted by atomic mass is 32.2. The third-order valence-corrected chi connectivity index (χ3v) is 4.40. The summed E-state index contributed by atoms with van der Waals surface area (Å²) in [6.07, 6.45) is 0. The quantitative estimate of drug-likeness (QED) is 0.837. The summed E-state index contributed by atoms with van der Waals surface area (Å²) in [5.74, 6) is 0.900. The Labute approximate surface area is 141 Å². The van der Waals surface area contributed by atoms with E-state index in [-0.39, 0.29) is 12.4 Å². The standard InChI is InChI=1S/C9H13NO2S.C8H9NO/c1-6-9(7(2)12)13-8(3)10(6)4-5-11;1-9-7-3-5-8(10-2)6-4-7/h11H,3-5H2,1-2H3;3-6H,1H2,2H3. The van der Waals surface area contributed by atoms with E-state index in [9.17, 15) is 4.79 Å². The number of β-amino-alcohol motifs (C(OH)–C–C–N with tert-alkyl or cyclic N) is 1. The number of aliphatic hydroxyl groups is 1. The average Bonchev–Trinajstić information content (AvgIpc) is 2.84. The van der Waals surface area contributed by atoms with Crippen molar-refractivity contribution < 1.29 is 14.6 Å². The first-order chi connectivity index (χ1) is 10.9. The zero-order valence-corrected chi connectivity index (χ0v) is 14.5. The van der Waals surface area contributed by atoms with Gasteiger partial charge in [-0.05, 0) is 44.8 Å². The van der Waals surface area contributed by atoms with Crippen LogP contribution in [0.3, 0.4) is 0 Å². The molecule has 1 heterocycles. The summed E-state index contributed by atoms with van der Waals surface area (Å²) >= 11 is 1.38. The summed E-state index contributed by atoms with van der Waals surface area (Å²) < 4.78 is 4.95. The Hall–Kier alpha value is -2.05. The molecule has 6 heteroatoms. The van der Waals surface area contributed by atoms with Crippen molar-refractivity contribution in [2.24, 2.45) is 4.99 Å². The van der Waals surface area contributed by atoms with Gasteiger partial charge in [-0.3, -0.25) is 9.79 Å². The molecule has 0 saturated heterocycles. The van der Waals surface area contributed by atoms with Crippen molar-refractivity contribution in [2.45, 2.75) is 13.8 Å². The molecule has 1 N–H and O–H groups in total. The van der Waals surface area contributed by atoms with Crippen molar-refractivity contribution in [3.8, 4) is 5.75 Å². The van der Waals surface area contributed by atoms with E-state index < -0.39 is 0 Å². The lowest BCUT2D eigenvalue weighted by atomic mass is 10.3. The SMILES string of the molecule is C=C1SC(C(C)=O)=C(C)N1CCO.C=Nc1ccc(OC)cc1. The fourth-order valence-corrected chi connectivity index (χ4v) is 2.94. The summed E-state index contributed by atoms with van der Waals surface area (Å²) in [6, 6.07) is 7.41. The van der Waals surface area contributed by atoms with E-state index in [0.717, 1.165) is 27.1 Å². The van der Waals surface area contributed by atoms with Crippen LogP contribution >= 0.6 is 11.8 Å². The zero-order chi connectivity index (χ0) is 17.4. The molecule has 0 saturated carbocycles. The number of allylic oxidation sites excluding steroid dienone is 2. The van der Waals surface area contributed by atoms with Gasteiger partial charge in [0.25, 0.3) is 0 Å². The van der Waals surface area contributed by atoms with E-state index in [1.165, 1.54) is 11.8 Å². The van der Waals surface area contributed by atoms with Crippen LogP contribution in [0.25, 0.3) is 0 Å². The van der Waals surface area contributed by atoms with Crippen LogP contribution in [0.2, 0.25) is 0 Å². The van der Waals surface area contributed by atoms with E-state index >= 15 is 0 Å². The van der Waals surface area contributed by atoms with Crippen LogP contribution in [0.4, 0.5) is 5.69 Å². The third kappa shape index (κ3) is 5.26. The molecule has 0 amide bonds. The smallest absolute Gasteiger partial charge is 0.168 e. The van der Waals surface area contributed by atoms with Crippen LogP contribution in [-0.2, 0) is 4.79 Å². The number of rotatable bonds is 5. The van der Waals surface area contributed by atoms with Gasteiger partial charge in [-0.25, -0.2) is 0 Å². The van der Waals surface area contributed by atoms with Crippen molar-refractivity contribution in [1.82, 2.24) is 4.90 Å². The lowest BCUT2D eigenvalue weighted by Gasteiger charge is -2.18. The molecule has 0 unspecified atom stereocenters. The number of thioether (sulfide) groups is 1. The number of nitrogens with zero attached hydrogens (tertiary/aromatic N) is 2. The topological polar surface area (TPSA) is 62.1 Å². The third-order valence-electron chi connectivity index (χ3n) is 3.15. The monoisotopic (exact) mass is 334 g/mol. The number of benzene rings is 1. The Morgan fingerprint density at radius 2 is 2.00 bits per heavy atom. The average molecular weight is 334 g/mol. The number of carbonyl (C=O) groups excluding carboxylic acids is 1. The number of hydrogen-bond acceptors (Lipinski definition) is 6. The number of aliphatic imine (C=N–C) groups is 1. The number of methoxy groups -OCH3 is 1. The number of hydrogen-bond donors (Lipinski definition) is 1. The second-order valence-corrected chi connectivity index (χ2v) is 5.78. The van der Waals surface area contributed by atoms with Crippen molar-refractivity contribution in [1.29, 1.82) is 0 Å². The van der Waals surface area contributed by atoms with E-state index in [1.54, 1.807) is 14.0 Å². The highest BCUT2D eigenvalue weighted by Gasteiger charge is 2.25. The predicted octanol–water partition coefficient (Wildman–Crippen LogP) is 3.35. The van der Waals surface area contributed by atoms with Crippen LogP contribution in [0.1, 0.15) is 13.8 Å². The largest absolute Gasteiger partial charge is 0.497 e. The summed E-state index contributed by atoms with van der Waals surface area (Å²) in [5.41, 5.74) is 1.76. The minimum Gasteiger partial charge on any atom is -0.497 e. The zero-order valence-electron chi connectivity index (χ0n) is 13.7. The Kier molecular flexibility index (Phi) is 7.57. The molecule has 1 aliphatic rings. The maximum absolute atomic E-state index is 11.1. The number of ether oxygens (including phenoxy) is 1. The van der Waals surface area contributed by atoms with Gasteiger partial charge in [0, 0.05) is 12.2 Å². The Balaban J connectivity index is 0.000000238. The molecule has 2 rings (SSSR count). The van der Waals surface area contributed by atoms with Crippen LogP contribution in [0.15, 0.2) is 51.5 Å². The maximum Gasteiger partial charge on any atom is 0.168 e. The van der Waals surface area contributed by atoms with Crippen molar-refractivity contribution in [3.63, 3.8) is 0 Å². The lowest BCUT2D eigenvalue weighted by molar-refractivity contribution is -0.113. The van der Waals surface area contributed by atoms with Gasteiger partial charge in [-0.2, -0.15) is 0 Å². The molecule has 23 heavy (non-hydrogen) atoms. The fraction of sp³-hybridized carbons (Fsp3) is 0.294. The van der Waals surface area contributed by atoms with Crippen molar-refractivity contribution >= 4 is 30.0 Å². The summed E-state index contributed by atoms with van der Waals surface area (Å²) in [6.45, 7) is 11.2. The van der Waals surface area contributed by atoms with Gasteiger partial charge in [0.1, 0.15) is 5.75 Å². The predicted molar refractivity (Wildman–Crippen MR) is 96.1 cm³/mol. The molecule has 0 aromatic heterocycles. The summed E-state index contributed by atoms with van der Waals surface area (Å²) in [7, 11) is 1.64. The maximum atomic E-state index is 11.1. The van der Waals surface area contributed by atoms with E-state index in [0.29, 0.717) is 6.54 Å². The number of ketones is 1. The molecule has 124 valence electrons. The Morgan fingerprint density at radius 3 is 2.39 bits per heavy atom. The van der Waals surface area contributed by atoms with Gasteiger partial charge >= 0.3 is 0 Å². The molecule has 0 aliphatic carbocycles. The van der Waals surface area contributed by atoms with Gasteiger partial charge in [0.15, 0.2) is 5.78 Å². The van der Waals surface area contributed by atoms with Crippen LogP contribution < -0.4 is 4.74 Å². The Bertz CT molecular complexity index is 609. The number of aliphatic hydroxyl groups excluding tert-OH is 1. The minimum atomic E-state index is 0.0593. The van der Waals surface area contributed by atoms with Crippen LogP contribution in [-0.4, -0.2) is 42.8 Å². The molecule has 0 radical (unpaired) electrons. The minimum absolute atomic E-state index is 0.0593. The fourth-order valence-electron chi connectivity index (χ4n) is 1.96. The number of Topliss-reactive ketones (excluding diaryl/α,β-unsaturated/α-hetero) is 1. The van der Waals surface area contributed by atoms with Crippen molar-refractivity contribution in [3.05, 3.63) is 46.5 Å². The van der Waals surface area contributed by atoms with Gasteiger partial charge in [-0.15, -0.1) is 0 Å². The van der Waals surface area contributed by atoms with E-state index in [4.69, 9.17) is 9.84 Å². The van der Waals surface area contributed by atoms with Crippen LogP contribution in [0, 0.1) is 0 Å². The second kappa shape index (κ2) is 9.17. The molecule has 0 fully saturated rings. The normalized spacial score (nSPS) is 13.6. The van der Waals surface area contributed by atoms with Gasteiger partial charge in [-0.1, -0.05) is 18.3 Å². The molecule has 1 aromatic carbocycles. The molecule has 1 aliphatic heterocycles. The molecular weight excluding hydrogens is 312 g/mol. The van der Waals surface area contributed by atoms with E-state index in [1.807, 2.05) is 36.1 Å². The summed E-state index contributed by atoms with van der Waals surface area (Å²) in [5, 5.41) is 9.60. The molecule has 0 bridgehead atoms. The van der Waals surface area contributed by atoms with Gasteiger partial charge in [0.05, 0.1) is 29.3 Å².